The maximum absolute atomic E-state index is 5.78. The number of nitrogens with two attached hydrogens (primary N) is 1. The number of ether oxygens (including phenoxy) is 1. The van der Waals surface area contributed by atoms with E-state index >= 15 is 0 Å². The summed E-state index contributed by atoms with van der Waals surface area (Å²) in [4.78, 5) is 0. The molecule has 0 aromatic carbocycles. The van der Waals surface area contributed by atoms with Gasteiger partial charge in [-0.25, -0.2) is 0 Å². The molecule has 1 fully saturated rings. The summed E-state index contributed by atoms with van der Waals surface area (Å²) in [7, 11) is 1.76. The van der Waals surface area contributed by atoms with E-state index in [0.717, 1.165) is 18.4 Å². The van der Waals surface area contributed by atoms with E-state index in [9.17, 15) is 0 Å². The van der Waals surface area contributed by atoms with Crippen LogP contribution in [0.5, 0.6) is 0 Å². The molecule has 1 aliphatic carbocycles. The molecule has 4 unspecified atom stereocenters. The van der Waals surface area contributed by atoms with Crippen LogP contribution in [0.15, 0.2) is 0 Å². The number of hydrogen-bond acceptors (Lipinski definition) is 2. The van der Waals surface area contributed by atoms with E-state index in [1.807, 2.05) is 0 Å². The average molecular weight is 157 g/mol. The number of rotatable bonds is 4. The molecule has 0 aromatic heterocycles. The lowest BCUT2D eigenvalue weighted by Crippen LogP contribution is -2.20. The van der Waals surface area contributed by atoms with Gasteiger partial charge in [-0.2, -0.15) is 0 Å². The molecule has 0 radical (unpaired) electrons. The highest BCUT2D eigenvalue weighted by atomic mass is 16.5. The van der Waals surface area contributed by atoms with Crippen molar-refractivity contribution in [2.75, 3.05) is 13.7 Å². The Morgan fingerprint density at radius 1 is 1.45 bits per heavy atom. The zero-order chi connectivity index (χ0) is 8.43. The second kappa shape index (κ2) is 3.55. The first-order chi connectivity index (χ1) is 5.16. The third-order valence-electron chi connectivity index (χ3n) is 2.73. The van der Waals surface area contributed by atoms with E-state index < -0.39 is 0 Å². The molecule has 2 N–H and O–H groups in total. The van der Waals surface area contributed by atoms with Gasteiger partial charge in [0.15, 0.2) is 0 Å². The smallest absolute Gasteiger partial charge is 0.0490 e. The van der Waals surface area contributed by atoms with Gasteiger partial charge < -0.3 is 10.5 Å². The molecule has 0 aliphatic heterocycles. The van der Waals surface area contributed by atoms with Crippen LogP contribution in [0.25, 0.3) is 0 Å². The van der Waals surface area contributed by atoms with Gasteiger partial charge in [0.2, 0.25) is 0 Å². The Balaban J connectivity index is 2.20. The predicted octanol–water partition coefficient (Wildman–Crippen LogP) is 1.25. The van der Waals surface area contributed by atoms with E-state index in [-0.39, 0.29) is 0 Å². The molecule has 0 bridgehead atoms. The lowest BCUT2D eigenvalue weighted by molar-refractivity contribution is 0.146. The highest BCUT2D eigenvalue weighted by Crippen LogP contribution is 2.45. The van der Waals surface area contributed by atoms with Crippen LogP contribution in [-0.4, -0.2) is 19.8 Å². The van der Waals surface area contributed by atoms with Crippen LogP contribution < -0.4 is 5.73 Å². The minimum absolute atomic E-state index is 0.374. The van der Waals surface area contributed by atoms with Crippen molar-refractivity contribution in [1.29, 1.82) is 0 Å². The van der Waals surface area contributed by atoms with E-state index in [0.29, 0.717) is 12.0 Å². The van der Waals surface area contributed by atoms with Crippen molar-refractivity contribution in [3.05, 3.63) is 0 Å². The summed E-state index contributed by atoms with van der Waals surface area (Å²) < 4.78 is 5.09. The van der Waals surface area contributed by atoms with E-state index in [2.05, 4.69) is 13.8 Å². The quantitative estimate of drug-likeness (QED) is 0.666. The molecule has 0 aromatic rings. The van der Waals surface area contributed by atoms with E-state index in [4.69, 9.17) is 10.5 Å². The van der Waals surface area contributed by atoms with Crippen LogP contribution in [0.4, 0.5) is 0 Å². The predicted molar refractivity (Wildman–Crippen MR) is 46.3 cm³/mol. The van der Waals surface area contributed by atoms with Crippen molar-refractivity contribution >= 4 is 0 Å². The van der Waals surface area contributed by atoms with Gasteiger partial charge in [0.1, 0.15) is 0 Å². The summed E-state index contributed by atoms with van der Waals surface area (Å²) in [5.74, 6) is 2.28. The molecule has 0 heterocycles. The lowest BCUT2D eigenvalue weighted by atomic mass is 10.0. The molecule has 0 saturated heterocycles. The third kappa shape index (κ3) is 2.17. The normalized spacial score (nSPS) is 34.9. The SMILES string of the molecule is COCC(C)C1CC1C(C)N. The van der Waals surface area contributed by atoms with Gasteiger partial charge in [-0.15, -0.1) is 0 Å². The molecule has 1 saturated carbocycles. The van der Waals surface area contributed by atoms with Crippen molar-refractivity contribution < 1.29 is 4.74 Å². The molecule has 66 valence electrons. The molecule has 4 atom stereocenters. The largest absolute Gasteiger partial charge is 0.384 e. The fraction of sp³-hybridized carbons (Fsp3) is 1.00. The fourth-order valence-corrected chi connectivity index (χ4v) is 1.88. The first kappa shape index (κ1) is 9.01. The molecule has 11 heavy (non-hydrogen) atoms. The van der Waals surface area contributed by atoms with Crippen LogP contribution >= 0.6 is 0 Å². The van der Waals surface area contributed by atoms with E-state index in [1.165, 1.54) is 6.42 Å². The summed E-state index contributed by atoms with van der Waals surface area (Å²) in [6.07, 6.45) is 1.31. The second-order valence-corrected chi connectivity index (χ2v) is 3.86. The first-order valence-corrected chi connectivity index (χ1v) is 4.41. The topological polar surface area (TPSA) is 35.2 Å². The maximum Gasteiger partial charge on any atom is 0.0490 e. The fourth-order valence-electron chi connectivity index (χ4n) is 1.88. The van der Waals surface area contributed by atoms with Crippen LogP contribution in [0.1, 0.15) is 20.3 Å². The highest BCUT2D eigenvalue weighted by molar-refractivity contribution is 4.94. The van der Waals surface area contributed by atoms with Crippen molar-refractivity contribution in [1.82, 2.24) is 0 Å². The molecular formula is C9H19NO. The molecule has 1 aliphatic rings. The first-order valence-electron chi connectivity index (χ1n) is 4.41. The number of hydrogen-bond donors (Lipinski definition) is 1. The zero-order valence-electron chi connectivity index (χ0n) is 7.71. The molecule has 2 heteroatoms. The number of methoxy groups -OCH3 is 1. The maximum atomic E-state index is 5.78. The zero-order valence-corrected chi connectivity index (χ0v) is 7.71. The second-order valence-electron chi connectivity index (χ2n) is 3.86. The Morgan fingerprint density at radius 2 is 2.09 bits per heavy atom. The average Bonchev–Trinajstić information content (AvgIpc) is 2.65. The van der Waals surface area contributed by atoms with Crippen LogP contribution in [0.3, 0.4) is 0 Å². The van der Waals surface area contributed by atoms with Gasteiger partial charge in [-0.05, 0) is 31.1 Å². The summed E-state index contributed by atoms with van der Waals surface area (Å²) in [5, 5.41) is 0. The minimum atomic E-state index is 0.374. The Bertz CT molecular complexity index is 125. The van der Waals surface area contributed by atoms with Crippen LogP contribution in [-0.2, 0) is 4.74 Å². The van der Waals surface area contributed by atoms with Gasteiger partial charge in [-0.3, -0.25) is 0 Å². The highest BCUT2D eigenvalue weighted by Gasteiger charge is 2.42. The van der Waals surface area contributed by atoms with Gasteiger partial charge in [0, 0.05) is 19.8 Å². The summed E-state index contributed by atoms with van der Waals surface area (Å²) in [6, 6.07) is 0.374. The molecule has 0 spiro atoms. The van der Waals surface area contributed by atoms with Crippen molar-refractivity contribution in [2.45, 2.75) is 26.3 Å². The van der Waals surface area contributed by atoms with E-state index in [1.54, 1.807) is 7.11 Å². The molecule has 2 nitrogen and oxygen atoms in total. The summed E-state index contributed by atoms with van der Waals surface area (Å²) >= 11 is 0. The summed E-state index contributed by atoms with van der Waals surface area (Å²) in [5.41, 5.74) is 5.78. The molecular weight excluding hydrogens is 138 g/mol. The third-order valence-corrected chi connectivity index (χ3v) is 2.73. The van der Waals surface area contributed by atoms with Gasteiger partial charge in [0.25, 0.3) is 0 Å². The summed E-state index contributed by atoms with van der Waals surface area (Å²) in [6.45, 7) is 5.23. The van der Waals surface area contributed by atoms with Gasteiger partial charge >= 0.3 is 0 Å². The van der Waals surface area contributed by atoms with Crippen molar-refractivity contribution in [3.8, 4) is 0 Å². The van der Waals surface area contributed by atoms with Gasteiger partial charge in [0.05, 0.1) is 0 Å². The minimum Gasteiger partial charge on any atom is -0.384 e. The Labute approximate surface area is 69.1 Å². The van der Waals surface area contributed by atoms with Crippen molar-refractivity contribution in [2.24, 2.45) is 23.5 Å². The Morgan fingerprint density at radius 3 is 2.45 bits per heavy atom. The Kier molecular flexibility index (Phi) is 2.90. The van der Waals surface area contributed by atoms with Crippen molar-refractivity contribution in [3.63, 3.8) is 0 Å². The van der Waals surface area contributed by atoms with Gasteiger partial charge in [-0.1, -0.05) is 6.92 Å². The molecule has 1 rings (SSSR count). The Hall–Kier alpha value is -0.0800. The molecule has 0 amide bonds. The standard InChI is InChI=1S/C9H19NO/c1-6(5-11-3)8-4-9(8)7(2)10/h6-9H,4-5,10H2,1-3H3. The van der Waals surface area contributed by atoms with Crippen LogP contribution in [0, 0.1) is 17.8 Å². The monoisotopic (exact) mass is 157 g/mol. The lowest BCUT2D eigenvalue weighted by Gasteiger charge is -2.10. The van der Waals surface area contributed by atoms with Crippen LogP contribution in [0.2, 0.25) is 0 Å².